The molecule has 1 aromatic rings. The van der Waals surface area contributed by atoms with Gasteiger partial charge in [-0.2, -0.15) is 0 Å². The second-order valence-corrected chi connectivity index (χ2v) is 4.38. The Labute approximate surface area is 110 Å². The van der Waals surface area contributed by atoms with Crippen LogP contribution in [0.1, 0.15) is 17.3 Å². The minimum absolute atomic E-state index is 0.0180. The molecule has 0 aliphatic carbocycles. The van der Waals surface area contributed by atoms with Crippen molar-refractivity contribution in [2.45, 2.75) is 6.92 Å². The van der Waals surface area contributed by atoms with Crippen molar-refractivity contribution < 1.29 is 14.7 Å². The Kier molecular flexibility index (Phi) is 5.12. The van der Waals surface area contributed by atoms with E-state index in [9.17, 15) is 9.59 Å². The molecule has 0 aliphatic heterocycles. The van der Waals surface area contributed by atoms with Gasteiger partial charge >= 0.3 is 5.97 Å². The maximum atomic E-state index is 11.8. The predicted octanol–water partition coefficient (Wildman–Crippen LogP) is 1.83. The van der Waals surface area contributed by atoms with E-state index in [1.165, 1.54) is 18.2 Å². The summed E-state index contributed by atoms with van der Waals surface area (Å²) < 4.78 is 0. The van der Waals surface area contributed by atoms with Gasteiger partial charge in [-0.15, -0.1) is 0 Å². The van der Waals surface area contributed by atoms with Crippen LogP contribution in [-0.4, -0.2) is 30.6 Å². The van der Waals surface area contributed by atoms with E-state index in [0.717, 1.165) is 0 Å². The number of hydrogen-bond acceptors (Lipinski definition) is 3. The van der Waals surface area contributed by atoms with Crippen LogP contribution >= 0.6 is 11.6 Å². The van der Waals surface area contributed by atoms with Crippen LogP contribution in [0.4, 0.5) is 5.69 Å². The molecule has 0 heterocycles. The zero-order valence-electron chi connectivity index (χ0n) is 10.2. The number of aromatic carboxylic acids is 1. The van der Waals surface area contributed by atoms with Gasteiger partial charge < -0.3 is 15.7 Å². The molecule has 18 heavy (non-hydrogen) atoms. The first-order valence-corrected chi connectivity index (χ1v) is 5.81. The van der Waals surface area contributed by atoms with E-state index < -0.39 is 5.97 Å². The number of hydrogen-bond donors (Lipinski definition) is 3. The fraction of sp³-hybridized carbons (Fsp3) is 0.333. The van der Waals surface area contributed by atoms with Crippen molar-refractivity contribution in [2.75, 3.05) is 18.9 Å². The Bertz CT molecular complexity index is 463. The van der Waals surface area contributed by atoms with Crippen LogP contribution in [0.15, 0.2) is 18.2 Å². The molecule has 0 spiro atoms. The topological polar surface area (TPSA) is 78.4 Å². The monoisotopic (exact) mass is 270 g/mol. The molecule has 0 bridgehead atoms. The predicted molar refractivity (Wildman–Crippen MR) is 70.1 cm³/mol. The van der Waals surface area contributed by atoms with E-state index in [2.05, 4.69) is 10.6 Å². The summed E-state index contributed by atoms with van der Waals surface area (Å²) >= 11 is 5.79. The zero-order chi connectivity index (χ0) is 13.7. The van der Waals surface area contributed by atoms with Gasteiger partial charge in [-0.3, -0.25) is 4.79 Å². The summed E-state index contributed by atoms with van der Waals surface area (Å²) in [4.78, 5) is 22.8. The van der Waals surface area contributed by atoms with Crippen LogP contribution in [0.2, 0.25) is 5.02 Å². The number of benzene rings is 1. The lowest BCUT2D eigenvalue weighted by atomic mass is 10.1. The third-order valence-corrected chi connectivity index (χ3v) is 2.66. The van der Waals surface area contributed by atoms with Crippen LogP contribution in [0.3, 0.4) is 0 Å². The molecule has 0 saturated heterocycles. The molecule has 0 fully saturated rings. The molecule has 0 radical (unpaired) electrons. The van der Waals surface area contributed by atoms with E-state index in [1.54, 1.807) is 14.0 Å². The number of carbonyl (C=O) groups excluding carboxylic acids is 1. The van der Waals surface area contributed by atoms with Crippen molar-refractivity contribution in [1.82, 2.24) is 5.32 Å². The first-order valence-electron chi connectivity index (χ1n) is 5.44. The number of carboxylic acids is 1. The molecular weight excluding hydrogens is 256 g/mol. The summed E-state index contributed by atoms with van der Waals surface area (Å²) in [5, 5.41) is 14.8. The summed E-state index contributed by atoms with van der Waals surface area (Å²) in [6, 6.07) is 4.26. The Morgan fingerprint density at radius 2 is 2.11 bits per heavy atom. The molecule has 0 aromatic heterocycles. The average Bonchev–Trinajstić information content (AvgIpc) is 2.28. The number of nitrogens with one attached hydrogen (secondary N) is 2. The minimum Gasteiger partial charge on any atom is -0.478 e. The molecule has 0 saturated carbocycles. The second kappa shape index (κ2) is 6.37. The lowest BCUT2D eigenvalue weighted by Crippen LogP contribution is -2.29. The van der Waals surface area contributed by atoms with Gasteiger partial charge in [0.2, 0.25) is 5.91 Å². The third-order valence-electron chi connectivity index (χ3n) is 2.43. The largest absolute Gasteiger partial charge is 0.478 e. The molecule has 1 rings (SSSR count). The van der Waals surface area contributed by atoms with E-state index in [4.69, 9.17) is 16.7 Å². The average molecular weight is 271 g/mol. The van der Waals surface area contributed by atoms with Crippen molar-refractivity contribution in [1.29, 1.82) is 0 Å². The lowest BCUT2D eigenvalue weighted by Gasteiger charge is -2.13. The number of amides is 1. The van der Waals surface area contributed by atoms with Crippen molar-refractivity contribution in [3.05, 3.63) is 28.8 Å². The standard InChI is InChI=1S/C12H15ClN2O3/c1-7(6-14-2)11(16)15-10-5-8(13)3-4-9(10)12(17)18/h3-5,7,14H,6H2,1-2H3,(H,15,16)(H,17,18). The molecular formula is C12H15ClN2O3. The van der Waals surface area contributed by atoms with Gasteiger partial charge in [0.25, 0.3) is 0 Å². The smallest absolute Gasteiger partial charge is 0.337 e. The normalized spacial score (nSPS) is 11.9. The molecule has 98 valence electrons. The van der Waals surface area contributed by atoms with Gasteiger partial charge in [-0.25, -0.2) is 4.79 Å². The molecule has 0 aliphatic rings. The second-order valence-electron chi connectivity index (χ2n) is 3.94. The van der Waals surface area contributed by atoms with E-state index in [-0.39, 0.29) is 23.1 Å². The highest BCUT2D eigenvalue weighted by atomic mass is 35.5. The number of anilines is 1. The first-order chi connectivity index (χ1) is 8.45. The fourth-order valence-corrected chi connectivity index (χ4v) is 1.63. The molecule has 1 atom stereocenters. The summed E-state index contributed by atoms with van der Waals surface area (Å²) in [6.07, 6.45) is 0. The molecule has 6 heteroatoms. The molecule has 1 unspecified atom stereocenters. The van der Waals surface area contributed by atoms with Crippen molar-refractivity contribution in [3.8, 4) is 0 Å². The number of carboxylic acid groups (broad SMARTS) is 1. The van der Waals surface area contributed by atoms with E-state index in [0.29, 0.717) is 11.6 Å². The number of halogens is 1. The summed E-state index contributed by atoms with van der Waals surface area (Å²) in [6.45, 7) is 2.26. The molecule has 5 nitrogen and oxygen atoms in total. The van der Waals surface area contributed by atoms with Gasteiger partial charge in [0, 0.05) is 17.5 Å². The summed E-state index contributed by atoms with van der Waals surface area (Å²) in [5.74, 6) is -1.63. The van der Waals surface area contributed by atoms with Crippen LogP contribution < -0.4 is 10.6 Å². The fourth-order valence-electron chi connectivity index (χ4n) is 1.46. The van der Waals surface area contributed by atoms with Crippen LogP contribution in [0.25, 0.3) is 0 Å². The van der Waals surface area contributed by atoms with Gasteiger partial charge in [0.05, 0.1) is 11.3 Å². The number of rotatable bonds is 5. The maximum absolute atomic E-state index is 11.8. The zero-order valence-corrected chi connectivity index (χ0v) is 10.9. The Hall–Kier alpha value is -1.59. The van der Waals surface area contributed by atoms with Crippen LogP contribution in [0, 0.1) is 5.92 Å². The van der Waals surface area contributed by atoms with Gasteiger partial charge in [0.1, 0.15) is 0 Å². The van der Waals surface area contributed by atoms with Gasteiger partial charge in [-0.1, -0.05) is 18.5 Å². The van der Waals surface area contributed by atoms with E-state index in [1.807, 2.05) is 0 Å². The lowest BCUT2D eigenvalue weighted by molar-refractivity contribution is -0.119. The Balaban J connectivity index is 2.92. The minimum atomic E-state index is -1.11. The van der Waals surface area contributed by atoms with Crippen molar-refractivity contribution in [2.24, 2.45) is 5.92 Å². The third kappa shape index (κ3) is 3.72. The SMILES string of the molecule is CNCC(C)C(=O)Nc1cc(Cl)ccc1C(=O)O. The molecule has 1 amide bonds. The molecule has 1 aromatic carbocycles. The highest BCUT2D eigenvalue weighted by molar-refractivity contribution is 6.31. The molecule has 3 N–H and O–H groups in total. The Morgan fingerprint density at radius 1 is 1.44 bits per heavy atom. The van der Waals surface area contributed by atoms with Crippen molar-refractivity contribution >= 4 is 29.2 Å². The van der Waals surface area contributed by atoms with Gasteiger partial charge in [0.15, 0.2) is 0 Å². The van der Waals surface area contributed by atoms with E-state index >= 15 is 0 Å². The summed E-state index contributed by atoms with van der Waals surface area (Å²) in [7, 11) is 1.74. The van der Waals surface area contributed by atoms with Crippen molar-refractivity contribution in [3.63, 3.8) is 0 Å². The highest BCUT2D eigenvalue weighted by Crippen LogP contribution is 2.21. The maximum Gasteiger partial charge on any atom is 0.337 e. The first kappa shape index (κ1) is 14.5. The quantitative estimate of drug-likeness (QED) is 0.763. The Morgan fingerprint density at radius 3 is 2.67 bits per heavy atom. The van der Waals surface area contributed by atoms with Gasteiger partial charge in [-0.05, 0) is 25.2 Å². The summed E-state index contributed by atoms with van der Waals surface area (Å²) in [5.41, 5.74) is 0.229. The van der Waals surface area contributed by atoms with Crippen LogP contribution in [-0.2, 0) is 4.79 Å². The number of carbonyl (C=O) groups is 2. The highest BCUT2D eigenvalue weighted by Gasteiger charge is 2.16. The van der Waals surface area contributed by atoms with Crippen LogP contribution in [0.5, 0.6) is 0 Å².